The molecule has 1 aliphatic heterocycles. The molecule has 0 unspecified atom stereocenters. The number of hydrogen-bond acceptors (Lipinski definition) is 4. The number of halogens is 1. The molecule has 1 saturated heterocycles. The average Bonchev–Trinajstić information content (AvgIpc) is 2.64. The second-order valence-corrected chi connectivity index (χ2v) is 6.39. The molecule has 1 fully saturated rings. The number of aromatic nitrogens is 1. The van der Waals surface area contributed by atoms with Crippen LogP contribution in [0.4, 0.5) is 4.39 Å². The van der Waals surface area contributed by atoms with Crippen LogP contribution in [0.25, 0.3) is 0 Å². The van der Waals surface area contributed by atoms with Crippen molar-refractivity contribution in [3.05, 3.63) is 65.7 Å². The molecule has 132 valence electrons. The Kier molecular flexibility index (Phi) is 5.40. The smallest absolute Gasteiger partial charge is 0.239 e. The van der Waals surface area contributed by atoms with E-state index in [1.54, 1.807) is 18.3 Å². The van der Waals surface area contributed by atoms with Crippen LogP contribution in [0, 0.1) is 5.82 Å². The minimum Gasteiger partial charge on any atom is -0.368 e. The summed E-state index contributed by atoms with van der Waals surface area (Å²) in [5.41, 5.74) is 7.55. The van der Waals surface area contributed by atoms with Gasteiger partial charge in [0.15, 0.2) is 0 Å². The van der Waals surface area contributed by atoms with Crippen LogP contribution in [0.15, 0.2) is 48.8 Å². The van der Waals surface area contributed by atoms with Crippen LogP contribution in [0.5, 0.6) is 0 Å². The number of amides is 1. The molecule has 1 amide bonds. The fraction of sp³-hybridized carbons (Fsp3) is 0.368. The Morgan fingerprint density at radius 1 is 1.08 bits per heavy atom. The summed E-state index contributed by atoms with van der Waals surface area (Å²) in [5.74, 6) is -0.720. The Morgan fingerprint density at radius 2 is 1.72 bits per heavy atom. The van der Waals surface area contributed by atoms with Gasteiger partial charge in [0.05, 0.1) is 0 Å². The van der Waals surface area contributed by atoms with Crippen molar-refractivity contribution < 1.29 is 9.18 Å². The first-order chi connectivity index (χ1) is 12.1. The number of benzene rings is 1. The molecule has 6 heteroatoms. The van der Waals surface area contributed by atoms with Crippen molar-refractivity contribution in [3.8, 4) is 0 Å². The van der Waals surface area contributed by atoms with Crippen molar-refractivity contribution in [2.45, 2.75) is 19.0 Å². The van der Waals surface area contributed by atoms with Gasteiger partial charge in [-0.15, -0.1) is 0 Å². The molecule has 2 N–H and O–H groups in total. The lowest BCUT2D eigenvalue weighted by Gasteiger charge is -2.40. The lowest BCUT2D eigenvalue weighted by atomic mass is 10.0. The Morgan fingerprint density at radius 3 is 2.28 bits per heavy atom. The van der Waals surface area contributed by atoms with E-state index in [1.165, 1.54) is 17.7 Å². The molecule has 25 heavy (non-hydrogen) atoms. The van der Waals surface area contributed by atoms with Gasteiger partial charge >= 0.3 is 0 Å². The maximum absolute atomic E-state index is 13.2. The van der Waals surface area contributed by atoms with Crippen molar-refractivity contribution in [2.75, 3.05) is 26.2 Å². The molecule has 1 aromatic carbocycles. The van der Waals surface area contributed by atoms with Gasteiger partial charge in [0, 0.05) is 44.6 Å². The van der Waals surface area contributed by atoms with Crippen molar-refractivity contribution in [2.24, 2.45) is 5.73 Å². The average molecular weight is 342 g/mol. The second kappa shape index (κ2) is 7.72. The topological polar surface area (TPSA) is 62.5 Å². The summed E-state index contributed by atoms with van der Waals surface area (Å²) in [6.45, 7) is 5.30. The van der Waals surface area contributed by atoms with E-state index in [1.807, 2.05) is 12.3 Å². The van der Waals surface area contributed by atoms with E-state index >= 15 is 0 Å². The van der Waals surface area contributed by atoms with Crippen LogP contribution in [0.3, 0.4) is 0 Å². The van der Waals surface area contributed by atoms with Gasteiger partial charge in [0.1, 0.15) is 11.9 Å². The molecule has 0 saturated carbocycles. The minimum absolute atomic E-state index is 0.272. The molecule has 1 aromatic heterocycles. The first kappa shape index (κ1) is 17.5. The normalized spacial score (nSPS) is 18.6. The quantitative estimate of drug-likeness (QED) is 0.904. The van der Waals surface area contributed by atoms with Crippen molar-refractivity contribution in [1.82, 2.24) is 14.8 Å². The summed E-state index contributed by atoms with van der Waals surface area (Å²) < 4.78 is 13.2. The van der Waals surface area contributed by atoms with Crippen LogP contribution < -0.4 is 5.73 Å². The van der Waals surface area contributed by atoms with Crippen molar-refractivity contribution in [3.63, 3.8) is 0 Å². The Bertz CT molecular complexity index is 699. The zero-order valence-corrected chi connectivity index (χ0v) is 14.3. The molecule has 3 rings (SSSR count). The van der Waals surface area contributed by atoms with Gasteiger partial charge in [-0.2, -0.15) is 0 Å². The molecular formula is C19H23FN4O. The molecule has 1 aliphatic rings. The zero-order chi connectivity index (χ0) is 17.8. The van der Waals surface area contributed by atoms with Crippen LogP contribution >= 0.6 is 0 Å². The van der Waals surface area contributed by atoms with E-state index in [0.717, 1.165) is 31.7 Å². The SMILES string of the molecule is C[C@@H](c1cccnc1)N1CCN([C@@H](C(N)=O)c2ccc(F)cc2)CC1. The van der Waals surface area contributed by atoms with Crippen LogP contribution in [-0.4, -0.2) is 46.9 Å². The maximum Gasteiger partial charge on any atom is 0.239 e. The maximum atomic E-state index is 13.2. The van der Waals surface area contributed by atoms with E-state index < -0.39 is 11.9 Å². The number of primary amides is 1. The third kappa shape index (κ3) is 4.03. The molecule has 5 nitrogen and oxygen atoms in total. The van der Waals surface area contributed by atoms with Crippen molar-refractivity contribution >= 4 is 5.91 Å². The number of carbonyl (C=O) groups excluding carboxylic acids is 1. The number of piperazine rings is 1. The Hall–Kier alpha value is -2.31. The predicted octanol–water partition coefficient (Wildman–Crippen LogP) is 2.13. The van der Waals surface area contributed by atoms with Gasteiger partial charge in [0.2, 0.25) is 5.91 Å². The van der Waals surface area contributed by atoms with E-state index in [9.17, 15) is 9.18 Å². The lowest BCUT2D eigenvalue weighted by molar-refractivity contribution is -0.124. The number of rotatable bonds is 5. The summed E-state index contributed by atoms with van der Waals surface area (Å²) in [6, 6.07) is 9.78. The highest BCUT2D eigenvalue weighted by Gasteiger charge is 2.30. The Balaban J connectivity index is 1.67. The first-order valence-electron chi connectivity index (χ1n) is 8.49. The molecule has 2 aromatic rings. The summed E-state index contributed by atoms with van der Waals surface area (Å²) in [5, 5.41) is 0. The molecule has 2 heterocycles. The highest BCUT2D eigenvalue weighted by atomic mass is 19.1. The third-order valence-electron chi connectivity index (χ3n) is 4.88. The van der Waals surface area contributed by atoms with Gasteiger partial charge in [-0.25, -0.2) is 4.39 Å². The fourth-order valence-corrected chi connectivity index (χ4v) is 3.42. The molecule has 0 aliphatic carbocycles. The van der Waals surface area contributed by atoms with Crippen molar-refractivity contribution in [1.29, 1.82) is 0 Å². The lowest BCUT2D eigenvalue weighted by Crippen LogP contribution is -2.50. The Labute approximate surface area is 147 Å². The van der Waals surface area contributed by atoms with Gasteiger partial charge in [-0.3, -0.25) is 19.6 Å². The minimum atomic E-state index is -0.517. The molecule has 0 spiro atoms. The number of hydrogen-bond donors (Lipinski definition) is 1. The summed E-state index contributed by atoms with van der Waals surface area (Å²) >= 11 is 0. The first-order valence-corrected chi connectivity index (χ1v) is 8.49. The third-order valence-corrected chi connectivity index (χ3v) is 4.88. The van der Waals surface area contributed by atoms with Gasteiger partial charge in [-0.05, 0) is 36.2 Å². The van der Waals surface area contributed by atoms with Gasteiger partial charge in [0.25, 0.3) is 0 Å². The molecule has 0 radical (unpaired) electrons. The highest BCUT2D eigenvalue weighted by molar-refractivity contribution is 5.81. The largest absolute Gasteiger partial charge is 0.368 e. The van der Waals surface area contributed by atoms with Crippen LogP contribution in [0.2, 0.25) is 0 Å². The zero-order valence-electron chi connectivity index (χ0n) is 14.3. The number of nitrogens with zero attached hydrogens (tertiary/aromatic N) is 3. The van der Waals surface area contributed by atoms with E-state index in [0.29, 0.717) is 0 Å². The predicted molar refractivity (Wildman–Crippen MR) is 94.1 cm³/mol. The summed E-state index contributed by atoms with van der Waals surface area (Å²) in [6.07, 6.45) is 3.66. The standard InChI is InChI=1S/C19H23FN4O/c1-14(16-3-2-8-22-13-16)23-9-11-24(12-10-23)18(19(21)25)15-4-6-17(20)7-5-15/h2-8,13-14,18H,9-12H2,1H3,(H2,21,25)/t14-,18+/m0/s1. The number of nitrogens with two attached hydrogens (primary N) is 1. The monoisotopic (exact) mass is 342 g/mol. The molecule has 2 atom stereocenters. The number of pyridine rings is 1. The molecular weight excluding hydrogens is 319 g/mol. The highest BCUT2D eigenvalue weighted by Crippen LogP contribution is 2.26. The van der Waals surface area contributed by atoms with E-state index in [4.69, 9.17) is 5.73 Å². The number of carbonyl (C=O) groups is 1. The fourth-order valence-electron chi connectivity index (χ4n) is 3.42. The van der Waals surface area contributed by atoms with Gasteiger partial charge < -0.3 is 5.73 Å². The van der Waals surface area contributed by atoms with Gasteiger partial charge in [-0.1, -0.05) is 18.2 Å². The van der Waals surface area contributed by atoms with E-state index in [2.05, 4.69) is 27.8 Å². The van der Waals surface area contributed by atoms with Crippen LogP contribution in [-0.2, 0) is 4.79 Å². The second-order valence-electron chi connectivity index (χ2n) is 6.39. The van der Waals surface area contributed by atoms with Crippen LogP contribution in [0.1, 0.15) is 30.1 Å². The van der Waals surface area contributed by atoms with E-state index in [-0.39, 0.29) is 11.9 Å². The summed E-state index contributed by atoms with van der Waals surface area (Å²) in [7, 11) is 0. The molecule has 0 bridgehead atoms. The summed E-state index contributed by atoms with van der Waals surface area (Å²) in [4.78, 5) is 20.6.